The standard InChI is InChI=1S/C25H28N2O3/c1-24(23(29)30,15-18-17-26-21-12-6-5-11-20(18)21)27-22(28)16-25(13-7-8-14-25)19-9-3-2-4-10-19/h2-6,9-12,17,26H,7-8,13-16H2,1H3,(H,27,28)(H,29,30). The molecule has 0 radical (unpaired) electrons. The predicted octanol–water partition coefficient (Wildman–Crippen LogP) is 4.57. The van der Waals surface area contributed by atoms with Gasteiger partial charge < -0.3 is 15.4 Å². The van der Waals surface area contributed by atoms with Crippen LogP contribution in [-0.2, 0) is 21.4 Å². The van der Waals surface area contributed by atoms with Crippen molar-refractivity contribution in [1.82, 2.24) is 10.3 Å². The van der Waals surface area contributed by atoms with Crippen molar-refractivity contribution in [3.05, 3.63) is 71.9 Å². The minimum absolute atomic E-state index is 0.203. The number of para-hydroxylation sites is 1. The number of hydrogen-bond donors (Lipinski definition) is 3. The molecule has 30 heavy (non-hydrogen) atoms. The van der Waals surface area contributed by atoms with Crippen LogP contribution in [0, 0.1) is 0 Å². The third-order valence-corrected chi connectivity index (χ3v) is 6.55. The van der Waals surface area contributed by atoms with Gasteiger partial charge in [0.25, 0.3) is 0 Å². The van der Waals surface area contributed by atoms with Crippen molar-refractivity contribution < 1.29 is 14.7 Å². The molecule has 1 unspecified atom stereocenters. The Morgan fingerprint density at radius 3 is 2.43 bits per heavy atom. The number of nitrogens with one attached hydrogen (secondary N) is 2. The van der Waals surface area contributed by atoms with Gasteiger partial charge >= 0.3 is 5.97 Å². The summed E-state index contributed by atoms with van der Waals surface area (Å²) in [5.74, 6) is -1.23. The average molecular weight is 405 g/mol. The van der Waals surface area contributed by atoms with Gasteiger partial charge in [0.1, 0.15) is 5.54 Å². The molecule has 1 aromatic heterocycles. The van der Waals surface area contributed by atoms with Crippen LogP contribution >= 0.6 is 0 Å². The van der Waals surface area contributed by atoms with E-state index in [4.69, 9.17) is 0 Å². The molecule has 1 heterocycles. The van der Waals surface area contributed by atoms with Crippen LogP contribution in [0.3, 0.4) is 0 Å². The molecular weight excluding hydrogens is 376 g/mol. The summed E-state index contributed by atoms with van der Waals surface area (Å²) in [6.45, 7) is 1.60. The van der Waals surface area contributed by atoms with E-state index < -0.39 is 11.5 Å². The molecule has 1 atom stereocenters. The second-order valence-electron chi connectivity index (χ2n) is 8.75. The van der Waals surface area contributed by atoms with Gasteiger partial charge in [-0.15, -0.1) is 0 Å². The number of fused-ring (bicyclic) bond motifs is 1. The van der Waals surface area contributed by atoms with Crippen molar-refractivity contribution in [2.45, 2.75) is 56.4 Å². The predicted molar refractivity (Wildman–Crippen MR) is 117 cm³/mol. The van der Waals surface area contributed by atoms with E-state index in [0.717, 1.165) is 42.1 Å². The van der Waals surface area contributed by atoms with Crippen molar-refractivity contribution in [2.75, 3.05) is 0 Å². The number of carboxylic acids is 1. The first kappa shape index (κ1) is 20.2. The molecule has 1 amide bonds. The van der Waals surface area contributed by atoms with Crippen molar-refractivity contribution in [1.29, 1.82) is 0 Å². The SMILES string of the molecule is CC(Cc1c[nH]c2ccccc12)(NC(=O)CC1(c2ccccc2)CCCC1)C(=O)O. The number of aromatic nitrogens is 1. The summed E-state index contributed by atoms with van der Waals surface area (Å²) in [6.07, 6.45) is 6.46. The topological polar surface area (TPSA) is 82.2 Å². The van der Waals surface area contributed by atoms with Gasteiger partial charge in [0, 0.05) is 35.4 Å². The highest BCUT2D eigenvalue weighted by molar-refractivity contribution is 5.89. The molecule has 1 saturated carbocycles. The molecular formula is C25H28N2O3. The molecule has 3 aromatic rings. The van der Waals surface area contributed by atoms with Crippen molar-refractivity contribution in [3.8, 4) is 0 Å². The van der Waals surface area contributed by atoms with Crippen molar-refractivity contribution in [2.24, 2.45) is 0 Å². The largest absolute Gasteiger partial charge is 0.480 e. The number of aromatic amines is 1. The molecule has 3 N–H and O–H groups in total. The maximum atomic E-state index is 13.1. The highest BCUT2D eigenvalue weighted by atomic mass is 16.4. The van der Waals surface area contributed by atoms with E-state index in [0.29, 0.717) is 6.42 Å². The minimum atomic E-state index is -1.38. The van der Waals surface area contributed by atoms with E-state index in [2.05, 4.69) is 22.4 Å². The summed E-state index contributed by atoms with van der Waals surface area (Å²) < 4.78 is 0. The second kappa shape index (κ2) is 7.98. The molecule has 0 spiro atoms. The number of rotatable bonds is 7. The van der Waals surface area contributed by atoms with Gasteiger partial charge in [-0.25, -0.2) is 4.79 Å². The Morgan fingerprint density at radius 1 is 1.07 bits per heavy atom. The van der Waals surface area contributed by atoms with Crippen molar-refractivity contribution in [3.63, 3.8) is 0 Å². The lowest BCUT2D eigenvalue weighted by molar-refractivity contribution is -0.147. The zero-order valence-electron chi connectivity index (χ0n) is 17.3. The molecule has 4 rings (SSSR count). The molecule has 0 saturated heterocycles. The van der Waals surface area contributed by atoms with Crippen LogP contribution < -0.4 is 5.32 Å². The van der Waals surface area contributed by atoms with Crippen LogP contribution in [-0.4, -0.2) is 27.5 Å². The fraction of sp³-hybridized carbons (Fsp3) is 0.360. The van der Waals surface area contributed by atoms with Crippen LogP contribution in [0.25, 0.3) is 10.9 Å². The lowest BCUT2D eigenvalue weighted by Crippen LogP contribution is -2.54. The Balaban J connectivity index is 1.55. The number of carbonyl (C=O) groups is 2. The summed E-state index contributed by atoms with van der Waals surface area (Å²) >= 11 is 0. The van der Waals surface area contributed by atoms with E-state index in [1.165, 1.54) is 5.56 Å². The molecule has 1 aliphatic rings. The molecule has 1 aliphatic carbocycles. The van der Waals surface area contributed by atoms with Crippen LogP contribution in [0.1, 0.15) is 50.2 Å². The van der Waals surface area contributed by atoms with Gasteiger partial charge in [-0.2, -0.15) is 0 Å². The average Bonchev–Trinajstić information content (AvgIpc) is 3.37. The fourth-order valence-corrected chi connectivity index (χ4v) is 4.90. The number of benzene rings is 2. The van der Waals surface area contributed by atoms with E-state index in [-0.39, 0.29) is 17.7 Å². The first-order valence-electron chi connectivity index (χ1n) is 10.6. The van der Waals surface area contributed by atoms with Gasteiger partial charge in [-0.05, 0) is 37.0 Å². The zero-order valence-corrected chi connectivity index (χ0v) is 17.3. The summed E-state index contributed by atoms with van der Waals surface area (Å²) in [6, 6.07) is 18.0. The Bertz CT molecular complexity index is 1050. The smallest absolute Gasteiger partial charge is 0.329 e. The number of hydrogen-bond acceptors (Lipinski definition) is 2. The second-order valence-corrected chi connectivity index (χ2v) is 8.75. The molecule has 5 heteroatoms. The van der Waals surface area contributed by atoms with E-state index in [1.807, 2.05) is 48.7 Å². The van der Waals surface area contributed by atoms with Gasteiger partial charge in [-0.1, -0.05) is 61.4 Å². The van der Waals surface area contributed by atoms with Gasteiger partial charge in [0.15, 0.2) is 0 Å². The molecule has 1 fully saturated rings. The lowest BCUT2D eigenvalue weighted by Gasteiger charge is -2.32. The Kier molecular flexibility index (Phi) is 5.37. The lowest BCUT2D eigenvalue weighted by atomic mass is 9.75. The molecule has 2 aromatic carbocycles. The Hall–Kier alpha value is -3.08. The third-order valence-electron chi connectivity index (χ3n) is 6.55. The highest BCUT2D eigenvalue weighted by Crippen LogP contribution is 2.43. The van der Waals surface area contributed by atoms with E-state index in [9.17, 15) is 14.7 Å². The quantitative estimate of drug-likeness (QED) is 0.539. The van der Waals surface area contributed by atoms with Gasteiger partial charge in [0.05, 0.1) is 0 Å². The third kappa shape index (κ3) is 3.84. The van der Waals surface area contributed by atoms with Crippen LogP contribution in [0.15, 0.2) is 60.8 Å². The van der Waals surface area contributed by atoms with Gasteiger partial charge in [0.2, 0.25) is 5.91 Å². The Labute approximate surface area is 176 Å². The first-order chi connectivity index (χ1) is 14.4. The molecule has 0 aliphatic heterocycles. The molecule has 0 bridgehead atoms. The molecule has 5 nitrogen and oxygen atoms in total. The first-order valence-corrected chi connectivity index (χ1v) is 10.6. The van der Waals surface area contributed by atoms with Gasteiger partial charge in [-0.3, -0.25) is 4.79 Å². The maximum absolute atomic E-state index is 13.1. The summed E-state index contributed by atoms with van der Waals surface area (Å²) in [7, 11) is 0. The normalized spacial score (nSPS) is 17.5. The Morgan fingerprint density at radius 2 is 1.73 bits per heavy atom. The van der Waals surface area contributed by atoms with Crippen LogP contribution in [0.2, 0.25) is 0 Å². The van der Waals surface area contributed by atoms with E-state index >= 15 is 0 Å². The summed E-state index contributed by atoms with van der Waals surface area (Å²) in [4.78, 5) is 28.5. The van der Waals surface area contributed by atoms with Crippen molar-refractivity contribution >= 4 is 22.8 Å². The monoisotopic (exact) mass is 404 g/mol. The number of amides is 1. The van der Waals surface area contributed by atoms with E-state index in [1.54, 1.807) is 6.92 Å². The highest BCUT2D eigenvalue weighted by Gasteiger charge is 2.41. The molecule has 156 valence electrons. The number of H-pyrrole nitrogens is 1. The summed E-state index contributed by atoms with van der Waals surface area (Å²) in [5, 5.41) is 13.8. The number of carbonyl (C=O) groups excluding carboxylic acids is 1. The van der Waals surface area contributed by atoms with Crippen LogP contribution in [0.5, 0.6) is 0 Å². The summed E-state index contributed by atoms with van der Waals surface area (Å²) in [5.41, 5.74) is 1.44. The fourth-order valence-electron chi connectivity index (χ4n) is 4.90. The minimum Gasteiger partial charge on any atom is -0.480 e. The van der Waals surface area contributed by atoms with Crippen LogP contribution in [0.4, 0.5) is 0 Å². The number of carboxylic acid groups (broad SMARTS) is 1. The number of aliphatic carboxylic acids is 1. The zero-order chi connectivity index (χ0) is 21.2. The maximum Gasteiger partial charge on any atom is 0.329 e.